The molecule has 1 aromatic carbocycles. The molecule has 0 heterocycles. The second-order valence-corrected chi connectivity index (χ2v) is 6.11. The summed E-state index contributed by atoms with van der Waals surface area (Å²) in [6.45, 7) is 9.14. The molecule has 0 aliphatic carbocycles. The van der Waals surface area contributed by atoms with E-state index < -0.39 is 0 Å². The van der Waals surface area contributed by atoms with Gasteiger partial charge in [-0.3, -0.25) is 4.79 Å². The van der Waals surface area contributed by atoms with Crippen molar-refractivity contribution in [3.8, 4) is 5.75 Å². The highest BCUT2D eigenvalue weighted by atomic mass is 16.5. The molecular weight excluding hydrogens is 262 g/mol. The summed E-state index contributed by atoms with van der Waals surface area (Å²) in [4.78, 5) is 14.5. The molecule has 118 valence electrons. The minimum absolute atomic E-state index is 0.244. The number of benzene rings is 1. The van der Waals surface area contributed by atoms with E-state index in [-0.39, 0.29) is 11.9 Å². The fraction of sp³-hybridized carbons (Fsp3) is 0.611. The van der Waals surface area contributed by atoms with Gasteiger partial charge in [-0.15, -0.1) is 0 Å². The van der Waals surface area contributed by atoms with Gasteiger partial charge in [-0.25, -0.2) is 0 Å². The second kappa shape index (κ2) is 8.71. The topological polar surface area (TPSA) is 29.5 Å². The Hall–Kier alpha value is -1.51. The molecule has 0 saturated carbocycles. The number of ether oxygens (including phenoxy) is 1. The van der Waals surface area contributed by atoms with Crippen LogP contribution in [0, 0.1) is 5.92 Å². The van der Waals surface area contributed by atoms with Crippen molar-refractivity contribution in [1.82, 2.24) is 4.90 Å². The monoisotopic (exact) mass is 291 g/mol. The first-order chi connectivity index (χ1) is 9.97. The Morgan fingerprint density at radius 1 is 1.29 bits per heavy atom. The van der Waals surface area contributed by atoms with Gasteiger partial charge in [0.05, 0.1) is 7.11 Å². The average Bonchev–Trinajstić information content (AvgIpc) is 2.44. The van der Waals surface area contributed by atoms with Gasteiger partial charge in [-0.1, -0.05) is 39.3 Å². The van der Waals surface area contributed by atoms with Crippen LogP contribution in [-0.2, 0) is 11.3 Å². The third kappa shape index (κ3) is 5.78. The zero-order chi connectivity index (χ0) is 15.8. The van der Waals surface area contributed by atoms with E-state index in [0.29, 0.717) is 18.9 Å². The fourth-order valence-electron chi connectivity index (χ4n) is 2.50. The van der Waals surface area contributed by atoms with E-state index in [1.54, 1.807) is 7.11 Å². The molecule has 0 radical (unpaired) electrons. The molecule has 1 atom stereocenters. The van der Waals surface area contributed by atoms with Gasteiger partial charge in [-0.2, -0.15) is 0 Å². The molecule has 3 nitrogen and oxygen atoms in total. The van der Waals surface area contributed by atoms with Crippen molar-refractivity contribution >= 4 is 5.91 Å². The first-order valence-corrected chi connectivity index (χ1v) is 7.90. The average molecular weight is 291 g/mol. The Labute approximate surface area is 129 Å². The number of methoxy groups -OCH3 is 1. The number of hydrogen-bond donors (Lipinski definition) is 0. The van der Waals surface area contributed by atoms with Crippen LogP contribution in [0.1, 0.15) is 52.5 Å². The zero-order valence-corrected chi connectivity index (χ0v) is 14.1. The summed E-state index contributed by atoms with van der Waals surface area (Å²) < 4.78 is 5.27. The molecular formula is C18H29NO2. The van der Waals surface area contributed by atoms with Crippen molar-refractivity contribution in [2.24, 2.45) is 5.92 Å². The van der Waals surface area contributed by atoms with E-state index in [9.17, 15) is 4.79 Å². The SMILES string of the molecule is CCCC(C)N(Cc1cccc(OC)c1)C(=O)CC(C)C. The third-order valence-electron chi connectivity index (χ3n) is 3.63. The van der Waals surface area contributed by atoms with Gasteiger partial charge in [-0.05, 0) is 37.0 Å². The van der Waals surface area contributed by atoms with Crippen LogP contribution in [0.15, 0.2) is 24.3 Å². The van der Waals surface area contributed by atoms with E-state index in [1.165, 1.54) is 0 Å². The predicted molar refractivity (Wildman–Crippen MR) is 87.4 cm³/mol. The van der Waals surface area contributed by atoms with Crippen LogP contribution in [0.3, 0.4) is 0 Å². The van der Waals surface area contributed by atoms with E-state index >= 15 is 0 Å². The molecule has 1 rings (SSSR count). The van der Waals surface area contributed by atoms with Crippen LogP contribution in [0.5, 0.6) is 5.75 Å². The summed E-state index contributed by atoms with van der Waals surface area (Å²) in [5.41, 5.74) is 1.12. The molecule has 3 heteroatoms. The molecule has 0 N–H and O–H groups in total. The lowest BCUT2D eigenvalue weighted by Crippen LogP contribution is -2.38. The molecule has 0 bridgehead atoms. The van der Waals surface area contributed by atoms with Gasteiger partial charge in [0.2, 0.25) is 5.91 Å². The molecule has 1 unspecified atom stereocenters. The minimum Gasteiger partial charge on any atom is -0.497 e. The van der Waals surface area contributed by atoms with E-state index in [1.807, 2.05) is 23.1 Å². The Morgan fingerprint density at radius 2 is 2.00 bits per heavy atom. The molecule has 1 aromatic rings. The third-order valence-corrected chi connectivity index (χ3v) is 3.63. The van der Waals surface area contributed by atoms with E-state index in [0.717, 1.165) is 24.2 Å². The predicted octanol–water partition coefficient (Wildman–Crippen LogP) is 4.26. The molecule has 1 amide bonds. The van der Waals surface area contributed by atoms with Crippen LogP contribution in [0.2, 0.25) is 0 Å². The maximum absolute atomic E-state index is 12.5. The number of carbonyl (C=O) groups excluding carboxylic acids is 1. The van der Waals surface area contributed by atoms with Crippen LogP contribution in [0.25, 0.3) is 0 Å². The summed E-state index contributed by atoms with van der Waals surface area (Å²) in [5, 5.41) is 0. The van der Waals surface area contributed by atoms with Crippen molar-refractivity contribution in [1.29, 1.82) is 0 Å². The molecule has 0 fully saturated rings. The van der Waals surface area contributed by atoms with Crippen molar-refractivity contribution in [3.63, 3.8) is 0 Å². The summed E-state index contributed by atoms with van der Waals surface area (Å²) in [5.74, 6) is 1.47. The zero-order valence-electron chi connectivity index (χ0n) is 14.1. The quantitative estimate of drug-likeness (QED) is 0.716. The summed E-state index contributed by atoms with van der Waals surface area (Å²) in [6, 6.07) is 8.24. The lowest BCUT2D eigenvalue weighted by Gasteiger charge is -2.30. The molecule has 0 aliphatic rings. The standard InChI is InChI=1S/C18H29NO2/c1-6-8-15(4)19(18(20)11-14(2)3)13-16-9-7-10-17(12-16)21-5/h7,9-10,12,14-15H,6,8,11,13H2,1-5H3. The van der Waals surface area contributed by atoms with E-state index in [4.69, 9.17) is 4.74 Å². The van der Waals surface area contributed by atoms with Gasteiger partial charge >= 0.3 is 0 Å². The van der Waals surface area contributed by atoms with Gasteiger partial charge in [0.15, 0.2) is 0 Å². The molecule has 0 spiro atoms. The van der Waals surface area contributed by atoms with Crippen LogP contribution in [0.4, 0.5) is 0 Å². The van der Waals surface area contributed by atoms with Gasteiger partial charge in [0.25, 0.3) is 0 Å². The van der Waals surface area contributed by atoms with Crippen LogP contribution >= 0.6 is 0 Å². The van der Waals surface area contributed by atoms with Crippen molar-refractivity contribution in [3.05, 3.63) is 29.8 Å². The first kappa shape index (κ1) is 17.5. The second-order valence-electron chi connectivity index (χ2n) is 6.11. The molecule has 0 saturated heterocycles. The summed E-state index contributed by atoms with van der Waals surface area (Å²) in [7, 11) is 1.67. The molecule has 0 aliphatic heterocycles. The van der Waals surface area contributed by atoms with Gasteiger partial charge < -0.3 is 9.64 Å². The molecule has 0 aromatic heterocycles. The number of amides is 1. The lowest BCUT2D eigenvalue weighted by molar-refractivity contribution is -0.134. The smallest absolute Gasteiger partial charge is 0.223 e. The maximum atomic E-state index is 12.5. The van der Waals surface area contributed by atoms with Crippen LogP contribution in [-0.4, -0.2) is 24.0 Å². The maximum Gasteiger partial charge on any atom is 0.223 e. The Morgan fingerprint density at radius 3 is 2.57 bits per heavy atom. The van der Waals surface area contributed by atoms with Gasteiger partial charge in [0, 0.05) is 19.0 Å². The molecule has 21 heavy (non-hydrogen) atoms. The fourth-order valence-corrected chi connectivity index (χ4v) is 2.50. The minimum atomic E-state index is 0.244. The van der Waals surface area contributed by atoms with Crippen molar-refractivity contribution in [2.45, 2.75) is 59.5 Å². The Balaban J connectivity index is 2.87. The first-order valence-electron chi connectivity index (χ1n) is 7.90. The highest BCUT2D eigenvalue weighted by Gasteiger charge is 2.20. The Bertz CT molecular complexity index is 443. The normalized spacial score (nSPS) is 12.3. The van der Waals surface area contributed by atoms with E-state index in [2.05, 4.69) is 33.8 Å². The summed E-state index contributed by atoms with van der Waals surface area (Å²) in [6.07, 6.45) is 2.73. The highest BCUT2D eigenvalue weighted by molar-refractivity contribution is 5.76. The lowest BCUT2D eigenvalue weighted by atomic mass is 10.1. The van der Waals surface area contributed by atoms with Crippen molar-refractivity contribution < 1.29 is 9.53 Å². The highest BCUT2D eigenvalue weighted by Crippen LogP contribution is 2.19. The van der Waals surface area contributed by atoms with Crippen molar-refractivity contribution in [2.75, 3.05) is 7.11 Å². The number of hydrogen-bond acceptors (Lipinski definition) is 2. The number of nitrogens with zero attached hydrogens (tertiary/aromatic N) is 1. The largest absolute Gasteiger partial charge is 0.497 e. The van der Waals surface area contributed by atoms with Gasteiger partial charge in [0.1, 0.15) is 5.75 Å². The Kier molecular flexibility index (Phi) is 7.27. The van der Waals surface area contributed by atoms with Crippen LogP contribution < -0.4 is 4.74 Å². The number of rotatable bonds is 8. The summed E-state index contributed by atoms with van der Waals surface area (Å²) >= 11 is 0. The number of carbonyl (C=O) groups is 1.